The predicted molar refractivity (Wildman–Crippen MR) is 131 cm³/mol. The normalized spacial score (nSPS) is 10.0. The van der Waals surface area contributed by atoms with E-state index in [1.165, 1.54) is 33.9 Å². The fourth-order valence-corrected chi connectivity index (χ4v) is 3.21. The van der Waals surface area contributed by atoms with Gasteiger partial charge < -0.3 is 9.80 Å². The Bertz CT molecular complexity index is 1020. The zero-order valence-corrected chi connectivity index (χ0v) is 18.3. The molecule has 0 spiro atoms. The molecule has 4 rings (SSSR count). The highest BCUT2D eigenvalue weighted by atomic mass is 15.1. The Morgan fingerprint density at radius 1 is 0.400 bits per heavy atom. The molecule has 0 aromatic heterocycles. The average Bonchev–Trinajstić information content (AvgIpc) is 2.80. The summed E-state index contributed by atoms with van der Waals surface area (Å²) in [7, 11) is 4.17. The fraction of sp³-hybridized carbons (Fsp3) is 0.143. The van der Waals surface area contributed by atoms with E-state index in [0.29, 0.717) is 0 Å². The zero-order valence-electron chi connectivity index (χ0n) is 18.3. The number of nitrogens with zero attached hydrogens (tertiary/aromatic N) is 2. The molecular weight excluding hydrogens is 364 g/mol. The van der Waals surface area contributed by atoms with Crippen LogP contribution in [0.4, 0.5) is 22.7 Å². The molecule has 0 bridgehead atoms. The van der Waals surface area contributed by atoms with Crippen LogP contribution in [0.1, 0.15) is 11.1 Å². The first-order valence-corrected chi connectivity index (χ1v) is 10.3. The Morgan fingerprint density at radius 3 is 1.33 bits per heavy atom. The van der Waals surface area contributed by atoms with E-state index in [1.807, 2.05) is 12.1 Å². The molecule has 30 heavy (non-hydrogen) atoms. The van der Waals surface area contributed by atoms with Crippen LogP contribution < -0.4 is 9.80 Å². The molecule has 4 aromatic rings. The van der Waals surface area contributed by atoms with E-state index in [0.717, 1.165) is 0 Å². The van der Waals surface area contributed by atoms with Gasteiger partial charge in [0.1, 0.15) is 0 Å². The number of anilines is 4. The van der Waals surface area contributed by atoms with E-state index < -0.39 is 0 Å². The van der Waals surface area contributed by atoms with Crippen molar-refractivity contribution < 1.29 is 0 Å². The molecule has 0 aliphatic carbocycles. The standard InChI is InChI=1S/2C14H15N/c1-12-7-6-10-14(11-12)15(2)13-8-4-3-5-9-13;1-12-8-10-14(11-9-12)15(2)13-6-4-3-5-7-13/h2*3-11H,1-2H3. The van der Waals surface area contributed by atoms with E-state index >= 15 is 0 Å². The quantitative estimate of drug-likeness (QED) is 0.353. The summed E-state index contributed by atoms with van der Waals surface area (Å²) in [6.07, 6.45) is 0. The summed E-state index contributed by atoms with van der Waals surface area (Å²) in [4.78, 5) is 4.37. The Labute approximate surface area is 181 Å². The molecule has 0 aliphatic heterocycles. The van der Waals surface area contributed by atoms with Gasteiger partial charge in [-0.25, -0.2) is 0 Å². The number of rotatable bonds is 4. The van der Waals surface area contributed by atoms with Crippen LogP contribution in [0.15, 0.2) is 109 Å². The first-order valence-electron chi connectivity index (χ1n) is 10.3. The third-order valence-electron chi connectivity index (χ3n) is 5.10. The van der Waals surface area contributed by atoms with Gasteiger partial charge >= 0.3 is 0 Å². The molecule has 2 nitrogen and oxygen atoms in total. The molecule has 0 saturated heterocycles. The van der Waals surface area contributed by atoms with E-state index in [9.17, 15) is 0 Å². The van der Waals surface area contributed by atoms with Crippen molar-refractivity contribution in [2.45, 2.75) is 13.8 Å². The van der Waals surface area contributed by atoms with Gasteiger partial charge in [0.05, 0.1) is 0 Å². The van der Waals surface area contributed by atoms with Crippen LogP contribution >= 0.6 is 0 Å². The lowest BCUT2D eigenvalue weighted by atomic mass is 10.2. The van der Waals surface area contributed by atoms with Crippen molar-refractivity contribution in [1.82, 2.24) is 0 Å². The predicted octanol–water partition coefficient (Wildman–Crippen LogP) is 7.53. The van der Waals surface area contributed by atoms with Crippen LogP contribution in [-0.4, -0.2) is 14.1 Å². The molecule has 152 valence electrons. The minimum Gasteiger partial charge on any atom is -0.345 e. The highest BCUT2D eigenvalue weighted by Gasteiger charge is 2.02. The molecule has 0 saturated carbocycles. The molecule has 0 heterocycles. The van der Waals surface area contributed by atoms with Crippen LogP contribution in [0.5, 0.6) is 0 Å². The highest BCUT2D eigenvalue weighted by molar-refractivity contribution is 5.63. The second kappa shape index (κ2) is 10.3. The van der Waals surface area contributed by atoms with Gasteiger partial charge in [-0.05, 0) is 67.9 Å². The third-order valence-corrected chi connectivity index (χ3v) is 5.10. The monoisotopic (exact) mass is 394 g/mol. The van der Waals surface area contributed by atoms with E-state index in [4.69, 9.17) is 0 Å². The van der Waals surface area contributed by atoms with Gasteiger partial charge in [0.25, 0.3) is 0 Å². The van der Waals surface area contributed by atoms with Gasteiger partial charge in [0, 0.05) is 36.8 Å². The highest BCUT2D eigenvalue weighted by Crippen LogP contribution is 2.24. The molecule has 0 radical (unpaired) electrons. The van der Waals surface area contributed by atoms with Crippen molar-refractivity contribution in [2.75, 3.05) is 23.9 Å². The van der Waals surface area contributed by atoms with Crippen molar-refractivity contribution in [2.24, 2.45) is 0 Å². The number of para-hydroxylation sites is 2. The topological polar surface area (TPSA) is 6.48 Å². The second-order valence-corrected chi connectivity index (χ2v) is 7.46. The lowest BCUT2D eigenvalue weighted by molar-refractivity contribution is 1.20. The Balaban J connectivity index is 0.000000171. The first kappa shape index (κ1) is 21.2. The van der Waals surface area contributed by atoms with Crippen molar-refractivity contribution in [3.63, 3.8) is 0 Å². The van der Waals surface area contributed by atoms with Gasteiger partial charge in [0.2, 0.25) is 0 Å². The molecule has 0 aliphatic rings. The van der Waals surface area contributed by atoms with E-state index in [2.05, 4.69) is 135 Å². The second-order valence-electron chi connectivity index (χ2n) is 7.46. The minimum atomic E-state index is 1.21. The Morgan fingerprint density at radius 2 is 0.833 bits per heavy atom. The van der Waals surface area contributed by atoms with Crippen molar-refractivity contribution in [1.29, 1.82) is 0 Å². The van der Waals surface area contributed by atoms with Crippen molar-refractivity contribution in [3.05, 3.63) is 120 Å². The summed E-state index contributed by atoms with van der Waals surface area (Å²) < 4.78 is 0. The maximum absolute atomic E-state index is 2.19. The van der Waals surface area contributed by atoms with Crippen LogP contribution in [0, 0.1) is 13.8 Å². The summed E-state index contributed by atoms with van der Waals surface area (Å²) in [5, 5.41) is 0. The third kappa shape index (κ3) is 5.74. The van der Waals surface area contributed by atoms with Gasteiger partial charge in [0.15, 0.2) is 0 Å². The fourth-order valence-electron chi connectivity index (χ4n) is 3.21. The lowest BCUT2D eigenvalue weighted by Gasteiger charge is -2.19. The molecule has 0 N–H and O–H groups in total. The van der Waals surface area contributed by atoms with Crippen LogP contribution in [0.2, 0.25) is 0 Å². The summed E-state index contributed by atoms with van der Waals surface area (Å²) in [5.74, 6) is 0. The van der Waals surface area contributed by atoms with Crippen LogP contribution in [0.25, 0.3) is 0 Å². The summed E-state index contributed by atoms with van der Waals surface area (Å²) in [5.41, 5.74) is 7.44. The molecule has 0 atom stereocenters. The molecular formula is C28H30N2. The number of hydrogen-bond acceptors (Lipinski definition) is 2. The zero-order chi connectivity index (χ0) is 21.3. The molecule has 0 fully saturated rings. The van der Waals surface area contributed by atoms with E-state index in [1.54, 1.807) is 0 Å². The molecule has 4 aromatic carbocycles. The molecule has 0 amide bonds. The van der Waals surface area contributed by atoms with Gasteiger partial charge in [-0.3, -0.25) is 0 Å². The summed E-state index contributed by atoms with van der Waals surface area (Å²) >= 11 is 0. The smallest absolute Gasteiger partial charge is 0.0410 e. The summed E-state index contributed by atoms with van der Waals surface area (Å²) in [6, 6.07) is 37.8. The number of hydrogen-bond donors (Lipinski definition) is 0. The SMILES string of the molecule is Cc1ccc(N(C)c2ccccc2)cc1.Cc1cccc(N(C)c2ccccc2)c1. The van der Waals surface area contributed by atoms with Crippen LogP contribution in [0.3, 0.4) is 0 Å². The Kier molecular flexibility index (Phi) is 7.29. The Hall–Kier alpha value is -3.52. The number of benzene rings is 4. The summed E-state index contributed by atoms with van der Waals surface area (Å²) in [6.45, 7) is 4.22. The minimum absolute atomic E-state index is 1.21. The maximum Gasteiger partial charge on any atom is 0.0410 e. The number of aryl methyl sites for hydroxylation is 2. The average molecular weight is 395 g/mol. The van der Waals surface area contributed by atoms with Crippen molar-refractivity contribution in [3.8, 4) is 0 Å². The largest absolute Gasteiger partial charge is 0.345 e. The molecule has 2 heteroatoms. The molecule has 0 unspecified atom stereocenters. The van der Waals surface area contributed by atoms with Gasteiger partial charge in [-0.15, -0.1) is 0 Å². The first-order chi connectivity index (χ1) is 14.5. The van der Waals surface area contributed by atoms with E-state index in [-0.39, 0.29) is 0 Å². The van der Waals surface area contributed by atoms with Crippen LogP contribution in [-0.2, 0) is 0 Å². The maximum atomic E-state index is 2.19. The van der Waals surface area contributed by atoms with Gasteiger partial charge in [-0.2, -0.15) is 0 Å². The van der Waals surface area contributed by atoms with Crippen molar-refractivity contribution >= 4 is 22.7 Å². The lowest BCUT2D eigenvalue weighted by Crippen LogP contribution is -2.08. The van der Waals surface area contributed by atoms with Gasteiger partial charge in [-0.1, -0.05) is 66.2 Å².